The minimum Gasteiger partial charge on any atom is -0.544 e. The van der Waals surface area contributed by atoms with E-state index in [4.69, 9.17) is 0 Å². The van der Waals surface area contributed by atoms with Crippen molar-refractivity contribution >= 4 is 11.9 Å². The third kappa shape index (κ3) is 22.2. The van der Waals surface area contributed by atoms with Crippen LogP contribution in [-0.4, -0.2) is 48.6 Å². The lowest BCUT2D eigenvalue weighted by molar-refractivity contribution is -0.931. The molecule has 45 heavy (non-hydrogen) atoms. The first-order chi connectivity index (χ1) is 21.5. The minimum atomic E-state index is -1.05. The lowest BCUT2D eigenvalue weighted by Gasteiger charge is -2.46. The first-order valence-corrected chi connectivity index (χ1v) is 19.9. The molecule has 0 bridgehead atoms. The van der Waals surface area contributed by atoms with Crippen molar-refractivity contribution in [3.8, 4) is 0 Å². The summed E-state index contributed by atoms with van der Waals surface area (Å²) in [5.41, 5.74) is -1.03. The van der Waals surface area contributed by atoms with E-state index in [0.29, 0.717) is 6.54 Å². The van der Waals surface area contributed by atoms with Crippen molar-refractivity contribution in [3.05, 3.63) is 0 Å². The number of quaternary nitrogens is 1. The van der Waals surface area contributed by atoms with Crippen LogP contribution in [0.4, 0.5) is 0 Å². The molecule has 0 aromatic heterocycles. The Bertz CT molecular complexity index is 706. The summed E-state index contributed by atoms with van der Waals surface area (Å²) in [7, 11) is 3.86. The van der Waals surface area contributed by atoms with Crippen LogP contribution in [0.3, 0.4) is 0 Å². The number of nitrogens with zero attached hydrogens (tertiary/aromatic N) is 1. The lowest BCUT2D eigenvalue weighted by Crippen LogP contribution is -2.67. The van der Waals surface area contributed by atoms with E-state index in [0.717, 1.165) is 32.1 Å². The number of rotatable bonds is 33. The maximum Gasteiger partial charge on any atom is 0.223 e. The number of carboxylic acid groups (broad SMARTS) is 1. The molecule has 0 rings (SSSR count). The van der Waals surface area contributed by atoms with Crippen LogP contribution in [-0.2, 0) is 9.59 Å². The highest BCUT2D eigenvalue weighted by Gasteiger charge is 2.40. The zero-order chi connectivity index (χ0) is 33.8. The summed E-state index contributed by atoms with van der Waals surface area (Å²) in [6.07, 6.45) is 34.7. The average Bonchev–Trinajstić information content (AvgIpc) is 3.00. The predicted molar refractivity (Wildman–Crippen MR) is 193 cm³/mol. The molecule has 5 heteroatoms. The van der Waals surface area contributed by atoms with E-state index in [1.165, 1.54) is 141 Å². The number of carboxylic acids is 1. The Kier molecular flexibility index (Phi) is 27.3. The second-order valence-electron chi connectivity index (χ2n) is 15.4. The maximum atomic E-state index is 13.6. The zero-order valence-electron chi connectivity index (χ0n) is 31.6. The van der Waals surface area contributed by atoms with Crippen LogP contribution in [0.5, 0.6) is 0 Å². The lowest BCUT2D eigenvalue weighted by atomic mass is 9.92. The number of unbranched alkanes of at least 4 members (excludes halogenated alkanes) is 22. The number of carbonyl (C=O) groups excluding carboxylic acids is 2. The molecule has 0 aromatic rings. The van der Waals surface area contributed by atoms with Gasteiger partial charge >= 0.3 is 0 Å². The Morgan fingerprint density at radius 1 is 0.578 bits per heavy atom. The summed E-state index contributed by atoms with van der Waals surface area (Å²) in [6.45, 7) is 10.7. The molecule has 268 valence electrons. The van der Waals surface area contributed by atoms with Crippen molar-refractivity contribution in [2.24, 2.45) is 5.92 Å². The molecule has 0 aromatic carbocycles. The average molecular weight is 637 g/mol. The third-order valence-electron chi connectivity index (χ3n) is 10.7. The molecule has 1 N–H and O–H groups in total. The van der Waals surface area contributed by atoms with Crippen molar-refractivity contribution in [1.82, 2.24) is 5.32 Å². The van der Waals surface area contributed by atoms with Crippen LogP contribution in [0.15, 0.2) is 0 Å². The van der Waals surface area contributed by atoms with Crippen LogP contribution in [0.1, 0.15) is 208 Å². The molecule has 0 heterocycles. The number of hydrogen-bond acceptors (Lipinski definition) is 3. The van der Waals surface area contributed by atoms with Crippen molar-refractivity contribution in [2.45, 2.75) is 220 Å². The highest BCUT2D eigenvalue weighted by Crippen LogP contribution is 2.23. The number of carbonyl (C=O) groups is 2. The van der Waals surface area contributed by atoms with Gasteiger partial charge in [-0.15, -0.1) is 0 Å². The second kappa shape index (κ2) is 28.0. The van der Waals surface area contributed by atoms with E-state index in [1.54, 1.807) is 13.8 Å². The number of hydrogen-bond donors (Lipinski definition) is 1. The Morgan fingerprint density at radius 2 is 0.889 bits per heavy atom. The molecule has 0 aliphatic carbocycles. The molecule has 2 atom stereocenters. The van der Waals surface area contributed by atoms with Gasteiger partial charge in [0.25, 0.3) is 0 Å². The van der Waals surface area contributed by atoms with Crippen LogP contribution < -0.4 is 10.4 Å². The number of nitrogens with one attached hydrogen (secondary N) is 1. The van der Waals surface area contributed by atoms with Crippen LogP contribution in [0.2, 0.25) is 0 Å². The Hall–Kier alpha value is -1.10. The topological polar surface area (TPSA) is 69.2 Å². The molecule has 5 nitrogen and oxygen atoms in total. The largest absolute Gasteiger partial charge is 0.544 e. The summed E-state index contributed by atoms with van der Waals surface area (Å²) in [5.74, 6) is -0.806. The zero-order valence-corrected chi connectivity index (χ0v) is 31.6. The van der Waals surface area contributed by atoms with Gasteiger partial charge in [-0.05, 0) is 33.1 Å². The van der Waals surface area contributed by atoms with Crippen molar-refractivity contribution in [1.29, 1.82) is 0 Å². The normalized spacial score (nSPS) is 13.6. The Labute approximate surface area is 282 Å². The molecule has 0 spiro atoms. The fourth-order valence-corrected chi connectivity index (χ4v) is 6.49. The predicted octanol–water partition coefficient (Wildman–Crippen LogP) is 10.3. The van der Waals surface area contributed by atoms with Gasteiger partial charge in [-0.1, -0.05) is 175 Å². The SMILES string of the molecule is CCCCCCCCCCCCCCCCC(CCCCCCCCCCCC)C(=O)NC(CC)C[N+](C)(C)C(C)(C)C(=O)[O-]. The molecule has 0 radical (unpaired) electrons. The number of amides is 1. The molecular formula is C40H80N2O3. The highest BCUT2D eigenvalue weighted by molar-refractivity contribution is 5.79. The fraction of sp³-hybridized carbons (Fsp3) is 0.950. The summed E-state index contributed by atoms with van der Waals surface area (Å²) in [6, 6.07) is -0.0438. The van der Waals surface area contributed by atoms with E-state index < -0.39 is 11.5 Å². The first kappa shape index (κ1) is 43.9. The highest BCUT2D eigenvalue weighted by atomic mass is 16.4. The van der Waals surface area contributed by atoms with Gasteiger partial charge in [0, 0.05) is 5.92 Å². The molecular weight excluding hydrogens is 556 g/mol. The summed E-state index contributed by atoms with van der Waals surface area (Å²) in [4.78, 5) is 25.4. The van der Waals surface area contributed by atoms with Crippen molar-refractivity contribution < 1.29 is 19.2 Å². The van der Waals surface area contributed by atoms with Gasteiger partial charge < -0.3 is 19.7 Å². The first-order valence-electron chi connectivity index (χ1n) is 19.9. The van der Waals surface area contributed by atoms with Crippen LogP contribution in [0, 0.1) is 5.92 Å². The molecule has 0 saturated carbocycles. The Balaban J connectivity index is 4.63. The fourth-order valence-electron chi connectivity index (χ4n) is 6.49. The Morgan fingerprint density at radius 3 is 1.18 bits per heavy atom. The molecule has 0 aliphatic rings. The molecule has 2 unspecified atom stereocenters. The van der Waals surface area contributed by atoms with Crippen molar-refractivity contribution in [3.63, 3.8) is 0 Å². The second-order valence-corrected chi connectivity index (χ2v) is 15.4. The van der Waals surface area contributed by atoms with E-state index in [9.17, 15) is 14.7 Å². The van der Waals surface area contributed by atoms with Gasteiger partial charge in [0.05, 0.1) is 26.7 Å². The van der Waals surface area contributed by atoms with E-state index in [1.807, 2.05) is 14.1 Å². The molecule has 0 saturated heterocycles. The molecule has 0 aliphatic heterocycles. The molecule has 1 amide bonds. The van der Waals surface area contributed by atoms with E-state index >= 15 is 0 Å². The van der Waals surface area contributed by atoms with Crippen molar-refractivity contribution in [2.75, 3.05) is 20.6 Å². The molecule has 0 fully saturated rings. The summed E-state index contributed by atoms with van der Waals surface area (Å²) >= 11 is 0. The van der Waals surface area contributed by atoms with Gasteiger partial charge in [0.15, 0.2) is 0 Å². The van der Waals surface area contributed by atoms with E-state index in [2.05, 4.69) is 26.1 Å². The van der Waals surface area contributed by atoms with Crippen LogP contribution >= 0.6 is 0 Å². The van der Waals surface area contributed by atoms with Gasteiger partial charge in [-0.3, -0.25) is 4.79 Å². The van der Waals surface area contributed by atoms with Crippen LogP contribution in [0.25, 0.3) is 0 Å². The van der Waals surface area contributed by atoms with Gasteiger partial charge in [0.1, 0.15) is 11.5 Å². The summed E-state index contributed by atoms with van der Waals surface area (Å²) in [5, 5.41) is 15.2. The quantitative estimate of drug-likeness (QED) is 0.0576. The monoisotopic (exact) mass is 637 g/mol. The smallest absolute Gasteiger partial charge is 0.223 e. The van der Waals surface area contributed by atoms with Gasteiger partial charge in [0.2, 0.25) is 5.91 Å². The van der Waals surface area contributed by atoms with E-state index in [-0.39, 0.29) is 22.3 Å². The number of aliphatic carboxylic acids is 1. The number of likely N-dealkylation sites (N-methyl/N-ethyl adjacent to an activating group) is 1. The minimum absolute atomic E-state index is 0.0438. The standard InChI is InChI=1S/C40H80N2O3/c1-8-11-13-15-17-19-21-22-23-24-26-28-30-32-34-36(33-31-29-27-25-20-18-16-14-12-9-2)38(43)41-37(10-3)35-42(6,7)40(4,5)39(44)45/h36-37H,8-35H2,1-7H3,(H-,41,43,44,45). The maximum absolute atomic E-state index is 13.6. The summed E-state index contributed by atoms with van der Waals surface area (Å²) < 4.78 is 0.274. The van der Waals surface area contributed by atoms with Gasteiger partial charge in [-0.2, -0.15) is 0 Å². The third-order valence-corrected chi connectivity index (χ3v) is 10.7. The van der Waals surface area contributed by atoms with Gasteiger partial charge in [-0.25, -0.2) is 0 Å².